The Bertz CT molecular complexity index is 659. The lowest BCUT2D eigenvalue weighted by molar-refractivity contribution is -0.122. The van der Waals surface area contributed by atoms with Gasteiger partial charge >= 0.3 is 5.69 Å². The van der Waals surface area contributed by atoms with Crippen molar-refractivity contribution in [2.24, 2.45) is 5.92 Å². The minimum absolute atomic E-state index is 0.0704. The number of unbranched alkanes of at least 4 members (excludes halogenated alkanes) is 1. The summed E-state index contributed by atoms with van der Waals surface area (Å²) in [5.41, 5.74) is 5.09. The van der Waals surface area contributed by atoms with Crippen molar-refractivity contribution in [1.29, 1.82) is 0 Å². The summed E-state index contributed by atoms with van der Waals surface area (Å²) in [6.07, 6.45) is 3.75. The molecule has 7 nitrogen and oxygen atoms in total. The van der Waals surface area contributed by atoms with Crippen molar-refractivity contribution in [3.63, 3.8) is 0 Å². The van der Waals surface area contributed by atoms with Gasteiger partial charge in [0.25, 0.3) is 5.56 Å². The van der Waals surface area contributed by atoms with Gasteiger partial charge in [0.05, 0.1) is 0 Å². The standard InChI is InChI=1S/C17H30N4O3/c1-5-9-11-20(16(23)12(7-3)8-4)13-14(18)21(10-6-2)17(24)19-15(13)22/h12H,5-11,18H2,1-4H3,(H,19,22,24). The Labute approximate surface area is 142 Å². The van der Waals surface area contributed by atoms with Crippen LogP contribution in [0.2, 0.25) is 0 Å². The smallest absolute Gasteiger partial charge is 0.330 e. The van der Waals surface area contributed by atoms with Crippen LogP contribution >= 0.6 is 0 Å². The third-order valence-electron chi connectivity index (χ3n) is 4.27. The summed E-state index contributed by atoms with van der Waals surface area (Å²) in [5.74, 6) is -0.194. The molecule has 0 aliphatic carbocycles. The number of nitrogens with two attached hydrogens (primary N) is 1. The number of hydrogen-bond acceptors (Lipinski definition) is 4. The van der Waals surface area contributed by atoms with Crippen LogP contribution < -0.4 is 21.9 Å². The van der Waals surface area contributed by atoms with E-state index in [2.05, 4.69) is 4.98 Å². The van der Waals surface area contributed by atoms with E-state index >= 15 is 0 Å². The fourth-order valence-corrected chi connectivity index (χ4v) is 2.79. The average molecular weight is 338 g/mol. The summed E-state index contributed by atoms with van der Waals surface area (Å²) in [7, 11) is 0. The monoisotopic (exact) mass is 338 g/mol. The predicted octanol–water partition coefficient (Wildman–Crippen LogP) is 2.10. The number of anilines is 2. The second-order valence-electron chi connectivity index (χ2n) is 6.00. The topological polar surface area (TPSA) is 101 Å². The van der Waals surface area contributed by atoms with Crippen LogP contribution in [-0.4, -0.2) is 22.0 Å². The number of amides is 1. The number of rotatable bonds is 9. The van der Waals surface area contributed by atoms with Crippen LogP contribution in [0.5, 0.6) is 0 Å². The van der Waals surface area contributed by atoms with E-state index in [0.717, 1.165) is 12.8 Å². The summed E-state index contributed by atoms with van der Waals surface area (Å²) in [5, 5.41) is 0. The highest BCUT2D eigenvalue weighted by Crippen LogP contribution is 2.22. The number of carbonyl (C=O) groups excluding carboxylic acids is 1. The van der Waals surface area contributed by atoms with Gasteiger partial charge in [-0.1, -0.05) is 34.1 Å². The number of carbonyl (C=O) groups is 1. The largest absolute Gasteiger partial charge is 0.383 e. The average Bonchev–Trinajstić information content (AvgIpc) is 2.55. The molecule has 0 saturated heterocycles. The van der Waals surface area contributed by atoms with Gasteiger partial charge in [0.1, 0.15) is 5.82 Å². The van der Waals surface area contributed by atoms with Gasteiger partial charge in [-0.05, 0) is 25.7 Å². The number of aromatic amines is 1. The second kappa shape index (κ2) is 9.30. The first-order valence-corrected chi connectivity index (χ1v) is 8.86. The summed E-state index contributed by atoms with van der Waals surface area (Å²) < 4.78 is 1.33. The van der Waals surface area contributed by atoms with Crippen LogP contribution in [0.15, 0.2) is 9.59 Å². The molecule has 0 unspecified atom stereocenters. The SMILES string of the molecule is CCCCN(C(=O)C(CC)CC)c1c(N)n(CCC)c(=O)[nH]c1=O. The third kappa shape index (κ3) is 4.27. The zero-order valence-corrected chi connectivity index (χ0v) is 15.2. The normalized spacial score (nSPS) is 11.0. The van der Waals surface area contributed by atoms with Crippen molar-refractivity contribution < 1.29 is 4.79 Å². The molecule has 0 aliphatic heterocycles. The van der Waals surface area contributed by atoms with E-state index in [4.69, 9.17) is 5.73 Å². The molecule has 24 heavy (non-hydrogen) atoms. The summed E-state index contributed by atoms with van der Waals surface area (Å²) in [6, 6.07) is 0. The zero-order valence-electron chi connectivity index (χ0n) is 15.2. The Morgan fingerprint density at radius 2 is 1.79 bits per heavy atom. The number of nitrogen functional groups attached to an aromatic ring is 1. The van der Waals surface area contributed by atoms with Gasteiger partial charge in [-0.3, -0.25) is 19.1 Å². The van der Waals surface area contributed by atoms with Gasteiger partial charge < -0.3 is 10.6 Å². The number of H-pyrrole nitrogens is 1. The third-order valence-corrected chi connectivity index (χ3v) is 4.27. The Balaban J connectivity index is 3.47. The molecule has 1 aromatic heterocycles. The molecular weight excluding hydrogens is 308 g/mol. The molecule has 1 aromatic rings. The van der Waals surface area contributed by atoms with Crippen LogP contribution in [-0.2, 0) is 11.3 Å². The van der Waals surface area contributed by atoms with E-state index in [0.29, 0.717) is 32.4 Å². The molecule has 1 rings (SSSR count). The lowest BCUT2D eigenvalue weighted by atomic mass is 10.0. The number of aromatic nitrogens is 2. The zero-order chi connectivity index (χ0) is 18.3. The Hall–Kier alpha value is -2.05. The fourth-order valence-electron chi connectivity index (χ4n) is 2.79. The molecule has 0 aromatic carbocycles. The first-order chi connectivity index (χ1) is 11.4. The van der Waals surface area contributed by atoms with E-state index in [1.807, 2.05) is 27.7 Å². The van der Waals surface area contributed by atoms with Gasteiger partial charge in [0.15, 0.2) is 5.69 Å². The van der Waals surface area contributed by atoms with E-state index in [1.54, 1.807) is 0 Å². The minimum Gasteiger partial charge on any atom is -0.383 e. The molecule has 3 N–H and O–H groups in total. The summed E-state index contributed by atoms with van der Waals surface area (Å²) in [6.45, 7) is 8.66. The molecule has 0 fully saturated rings. The highest BCUT2D eigenvalue weighted by atomic mass is 16.2. The highest BCUT2D eigenvalue weighted by molar-refractivity contribution is 5.97. The van der Waals surface area contributed by atoms with Crippen molar-refractivity contribution in [2.75, 3.05) is 17.2 Å². The van der Waals surface area contributed by atoms with E-state index in [-0.39, 0.29) is 23.3 Å². The van der Waals surface area contributed by atoms with E-state index < -0.39 is 11.2 Å². The van der Waals surface area contributed by atoms with Crippen molar-refractivity contribution >= 4 is 17.4 Å². The fraction of sp³-hybridized carbons (Fsp3) is 0.706. The quantitative estimate of drug-likeness (QED) is 0.720. The molecule has 0 saturated carbocycles. The van der Waals surface area contributed by atoms with Crippen molar-refractivity contribution in [3.8, 4) is 0 Å². The highest BCUT2D eigenvalue weighted by Gasteiger charge is 2.27. The lowest BCUT2D eigenvalue weighted by Gasteiger charge is -2.27. The Kier molecular flexibility index (Phi) is 7.74. The van der Waals surface area contributed by atoms with Crippen LogP contribution in [0.1, 0.15) is 59.8 Å². The van der Waals surface area contributed by atoms with E-state index in [9.17, 15) is 14.4 Å². The molecule has 0 radical (unpaired) electrons. The van der Waals surface area contributed by atoms with Crippen molar-refractivity contribution in [2.45, 2.75) is 66.3 Å². The summed E-state index contributed by atoms with van der Waals surface area (Å²) in [4.78, 5) is 41.0. The van der Waals surface area contributed by atoms with Crippen LogP contribution in [0, 0.1) is 5.92 Å². The van der Waals surface area contributed by atoms with Crippen LogP contribution in [0.25, 0.3) is 0 Å². The number of nitrogens with zero attached hydrogens (tertiary/aromatic N) is 2. The molecule has 136 valence electrons. The van der Waals surface area contributed by atoms with Crippen molar-refractivity contribution in [1.82, 2.24) is 9.55 Å². The molecule has 0 atom stereocenters. The molecule has 0 bridgehead atoms. The lowest BCUT2D eigenvalue weighted by Crippen LogP contribution is -2.43. The number of hydrogen-bond donors (Lipinski definition) is 2. The number of nitrogens with one attached hydrogen (secondary N) is 1. The van der Waals surface area contributed by atoms with E-state index in [1.165, 1.54) is 9.47 Å². The van der Waals surface area contributed by atoms with Crippen LogP contribution in [0.3, 0.4) is 0 Å². The Morgan fingerprint density at radius 1 is 1.17 bits per heavy atom. The molecule has 7 heteroatoms. The Morgan fingerprint density at radius 3 is 2.29 bits per heavy atom. The molecule has 1 heterocycles. The van der Waals surface area contributed by atoms with Gasteiger partial charge in [0, 0.05) is 19.0 Å². The summed E-state index contributed by atoms with van der Waals surface area (Å²) >= 11 is 0. The van der Waals surface area contributed by atoms with Crippen LogP contribution in [0.4, 0.5) is 11.5 Å². The van der Waals surface area contributed by atoms with Gasteiger partial charge in [-0.15, -0.1) is 0 Å². The molecular formula is C17H30N4O3. The second-order valence-corrected chi connectivity index (χ2v) is 6.00. The van der Waals surface area contributed by atoms with Gasteiger partial charge in [-0.2, -0.15) is 0 Å². The predicted molar refractivity (Wildman–Crippen MR) is 97.4 cm³/mol. The maximum atomic E-state index is 12.9. The molecule has 1 amide bonds. The first kappa shape index (κ1) is 20.0. The maximum absolute atomic E-state index is 12.9. The van der Waals surface area contributed by atoms with Gasteiger partial charge in [0.2, 0.25) is 5.91 Å². The van der Waals surface area contributed by atoms with Gasteiger partial charge in [-0.25, -0.2) is 4.79 Å². The first-order valence-electron chi connectivity index (χ1n) is 8.86. The maximum Gasteiger partial charge on any atom is 0.330 e. The molecule has 0 aliphatic rings. The minimum atomic E-state index is -0.597. The van der Waals surface area contributed by atoms with Crippen molar-refractivity contribution in [3.05, 3.63) is 20.8 Å². The molecule has 0 spiro atoms.